The number of nitrogens with one attached hydrogen (secondary N) is 1. The molecule has 3 nitrogen and oxygen atoms in total. The maximum absolute atomic E-state index is 10.1. The lowest BCUT2D eigenvalue weighted by molar-refractivity contribution is 0.542. The number of hydrogen-bond donors (Lipinski definition) is 1. The molecule has 0 saturated carbocycles. The van der Waals surface area contributed by atoms with Gasteiger partial charge in [0.05, 0.1) is 0 Å². The standard InChI is InChI=1S/C7H9NO2S/c1-6-2-4-7(5-3-6)8-11(9)10/h2-5,8H,1H3,(H,9,10)/p-1. The molecular formula is C7H8NO2S-. The highest BCUT2D eigenvalue weighted by Crippen LogP contribution is 2.08. The van der Waals surface area contributed by atoms with Crippen molar-refractivity contribution in [2.75, 3.05) is 4.72 Å². The number of aryl methyl sites for hydroxylation is 1. The molecule has 0 fully saturated rings. The smallest absolute Gasteiger partial charge is 0.0452 e. The van der Waals surface area contributed by atoms with Gasteiger partial charge in [0.1, 0.15) is 0 Å². The maximum atomic E-state index is 10.1. The van der Waals surface area contributed by atoms with E-state index >= 15 is 0 Å². The summed E-state index contributed by atoms with van der Waals surface area (Å²) in [6, 6.07) is 7.11. The van der Waals surface area contributed by atoms with Gasteiger partial charge in [0.25, 0.3) is 0 Å². The molecular weight excluding hydrogens is 162 g/mol. The summed E-state index contributed by atoms with van der Waals surface area (Å²) in [6.45, 7) is 1.94. The summed E-state index contributed by atoms with van der Waals surface area (Å²) in [5.41, 5.74) is 1.69. The molecule has 1 rings (SSSR count). The van der Waals surface area contributed by atoms with E-state index in [-0.39, 0.29) is 0 Å². The van der Waals surface area contributed by atoms with Crippen molar-refractivity contribution >= 4 is 17.0 Å². The van der Waals surface area contributed by atoms with Crippen molar-refractivity contribution < 1.29 is 8.76 Å². The Balaban J connectivity index is 2.74. The van der Waals surface area contributed by atoms with Crippen LogP contribution in [0, 0.1) is 6.92 Å². The predicted molar refractivity (Wildman–Crippen MR) is 43.7 cm³/mol. The Kier molecular flexibility index (Phi) is 2.62. The van der Waals surface area contributed by atoms with Crippen molar-refractivity contribution in [3.05, 3.63) is 29.8 Å². The molecule has 1 aromatic rings. The van der Waals surface area contributed by atoms with E-state index in [1.807, 2.05) is 19.1 Å². The summed E-state index contributed by atoms with van der Waals surface area (Å²) in [4.78, 5) is 0. The van der Waals surface area contributed by atoms with E-state index in [2.05, 4.69) is 4.72 Å². The zero-order valence-corrected chi connectivity index (χ0v) is 6.85. The Bertz CT molecular complexity index is 258. The lowest BCUT2D eigenvalue weighted by Crippen LogP contribution is -2.01. The minimum absolute atomic E-state index is 0.587. The van der Waals surface area contributed by atoms with Crippen LogP contribution < -0.4 is 4.72 Å². The van der Waals surface area contributed by atoms with Crippen molar-refractivity contribution in [1.82, 2.24) is 0 Å². The molecule has 0 aliphatic heterocycles. The number of anilines is 1. The molecule has 0 bridgehead atoms. The lowest BCUT2D eigenvalue weighted by atomic mass is 10.2. The van der Waals surface area contributed by atoms with Gasteiger partial charge >= 0.3 is 0 Å². The SMILES string of the molecule is Cc1ccc(NS(=O)[O-])cc1. The van der Waals surface area contributed by atoms with Crippen LogP contribution in [0.15, 0.2) is 24.3 Å². The first-order valence-electron chi connectivity index (χ1n) is 3.11. The largest absolute Gasteiger partial charge is 0.755 e. The van der Waals surface area contributed by atoms with Crippen LogP contribution in [-0.2, 0) is 11.3 Å². The van der Waals surface area contributed by atoms with Gasteiger partial charge in [-0.05, 0) is 19.1 Å². The van der Waals surface area contributed by atoms with E-state index in [1.54, 1.807) is 12.1 Å². The van der Waals surface area contributed by atoms with Crippen molar-refractivity contribution in [2.24, 2.45) is 0 Å². The van der Waals surface area contributed by atoms with Gasteiger partial charge in [-0.3, -0.25) is 4.21 Å². The van der Waals surface area contributed by atoms with Crippen LogP contribution in [-0.4, -0.2) is 8.76 Å². The van der Waals surface area contributed by atoms with Gasteiger partial charge in [-0.2, -0.15) is 0 Å². The van der Waals surface area contributed by atoms with Gasteiger partial charge in [0, 0.05) is 17.0 Å². The minimum atomic E-state index is -2.22. The third kappa shape index (κ3) is 2.69. The first kappa shape index (κ1) is 8.23. The molecule has 0 aromatic heterocycles. The van der Waals surface area contributed by atoms with Crippen LogP contribution in [0.2, 0.25) is 0 Å². The summed E-state index contributed by atoms with van der Waals surface area (Å²) in [7, 11) is 0. The molecule has 1 N–H and O–H groups in total. The summed E-state index contributed by atoms with van der Waals surface area (Å²) < 4.78 is 22.5. The van der Waals surface area contributed by atoms with Crippen LogP contribution in [0.25, 0.3) is 0 Å². The zero-order valence-electron chi connectivity index (χ0n) is 6.03. The van der Waals surface area contributed by atoms with Gasteiger partial charge in [-0.25, -0.2) is 0 Å². The molecule has 0 heterocycles. The van der Waals surface area contributed by atoms with Gasteiger partial charge in [0.2, 0.25) is 0 Å². The molecule has 60 valence electrons. The molecule has 0 aliphatic rings. The van der Waals surface area contributed by atoms with Crippen molar-refractivity contribution in [3.8, 4) is 0 Å². The number of benzene rings is 1. The average molecular weight is 170 g/mol. The van der Waals surface area contributed by atoms with Crippen LogP contribution in [0.5, 0.6) is 0 Å². The molecule has 1 aromatic carbocycles. The molecule has 1 unspecified atom stereocenters. The molecule has 4 heteroatoms. The van der Waals surface area contributed by atoms with Crippen molar-refractivity contribution in [1.29, 1.82) is 0 Å². The van der Waals surface area contributed by atoms with Crippen LogP contribution in [0.3, 0.4) is 0 Å². The van der Waals surface area contributed by atoms with Gasteiger partial charge in [-0.15, -0.1) is 0 Å². The third-order valence-corrected chi connectivity index (χ3v) is 1.66. The molecule has 1 atom stereocenters. The Hall–Kier alpha value is -0.870. The highest BCUT2D eigenvalue weighted by atomic mass is 32.2. The van der Waals surface area contributed by atoms with Crippen LogP contribution >= 0.6 is 0 Å². The average Bonchev–Trinajstić information content (AvgIpc) is 1.93. The number of hydrogen-bond acceptors (Lipinski definition) is 2. The van der Waals surface area contributed by atoms with E-state index in [0.717, 1.165) is 5.56 Å². The predicted octanol–water partition coefficient (Wildman–Crippen LogP) is 1.20. The fraction of sp³-hybridized carbons (Fsp3) is 0.143. The second kappa shape index (κ2) is 3.50. The Morgan fingerprint density at radius 3 is 2.36 bits per heavy atom. The Morgan fingerprint density at radius 2 is 1.91 bits per heavy atom. The number of rotatable bonds is 2. The Labute approximate surface area is 67.9 Å². The second-order valence-electron chi connectivity index (χ2n) is 2.20. The summed E-state index contributed by atoms with van der Waals surface area (Å²) in [5, 5.41) is 0. The van der Waals surface area contributed by atoms with E-state index in [9.17, 15) is 8.76 Å². The minimum Gasteiger partial charge on any atom is -0.755 e. The molecule has 0 amide bonds. The quantitative estimate of drug-likeness (QED) is 0.678. The third-order valence-electron chi connectivity index (χ3n) is 1.25. The maximum Gasteiger partial charge on any atom is 0.0452 e. The molecule has 0 saturated heterocycles. The fourth-order valence-electron chi connectivity index (χ4n) is 0.718. The summed E-state index contributed by atoms with van der Waals surface area (Å²) in [6.07, 6.45) is 0. The van der Waals surface area contributed by atoms with Gasteiger partial charge in [0.15, 0.2) is 0 Å². The van der Waals surface area contributed by atoms with E-state index in [4.69, 9.17) is 0 Å². The molecule has 0 spiro atoms. The normalized spacial score (nSPS) is 12.5. The van der Waals surface area contributed by atoms with Crippen LogP contribution in [0.1, 0.15) is 5.56 Å². The first-order chi connectivity index (χ1) is 5.18. The lowest BCUT2D eigenvalue weighted by Gasteiger charge is -2.07. The fourth-order valence-corrected chi connectivity index (χ4v) is 1.05. The van der Waals surface area contributed by atoms with Gasteiger partial charge < -0.3 is 9.27 Å². The van der Waals surface area contributed by atoms with E-state index in [1.165, 1.54) is 0 Å². The summed E-state index contributed by atoms with van der Waals surface area (Å²) in [5.74, 6) is 0. The van der Waals surface area contributed by atoms with Crippen LogP contribution in [0.4, 0.5) is 5.69 Å². The van der Waals surface area contributed by atoms with Crippen molar-refractivity contribution in [2.45, 2.75) is 6.92 Å². The summed E-state index contributed by atoms with van der Waals surface area (Å²) >= 11 is -2.22. The second-order valence-corrected chi connectivity index (χ2v) is 2.88. The van der Waals surface area contributed by atoms with Gasteiger partial charge in [-0.1, -0.05) is 17.7 Å². The van der Waals surface area contributed by atoms with Crippen molar-refractivity contribution in [3.63, 3.8) is 0 Å². The monoisotopic (exact) mass is 170 g/mol. The Morgan fingerprint density at radius 1 is 1.36 bits per heavy atom. The zero-order chi connectivity index (χ0) is 8.27. The van der Waals surface area contributed by atoms with E-state index < -0.39 is 11.3 Å². The van der Waals surface area contributed by atoms with E-state index in [0.29, 0.717) is 5.69 Å². The molecule has 0 radical (unpaired) electrons. The first-order valence-corrected chi connectivity index (χ1v) is 4.18. The molecule has 11 heavy (non-hydrogen) atoms. The highest BCUT2D eigenvalue weighted by molar-refractivity contribution is 7.80. The molecule has 0 aliphatic carbocycles. The highest BCUT2D eigenvalue weighted by Gasteiger charge is 1.88. The topological polar surface area (TPSA) is 52.2 Å².